The monoisotopic (exact) mass is 750 g/mol. The molecular formula is C37H26N4O10S2. The summed E-state index contributed by atoms with van der Waals surface area (Å²) < 4.78 is 65.6. The Hall–Kier alpha value is -6.75. The number of rotatable bonds is 11. The molecule has 1 N–H and O–H groups in total. The average Bonchev–Trinajstić information content (AvgIpc) is 3.13. The lowest BCUT2D eigenvalue weighted by Crippen LogP contribution is -2.12. The van der Waals surface area contributed by atoms with Crippen LogP contribution in [0.25, 0.3) is 42.6 Å². The van der Waals surface area contributed by atoms with Crippen LogP contribution < -0.4 is 18.6 Å². The van der Waals surface area contributed by atoms with Gasteiger partial charge < -0.3 is 23.7 Å². The van der Waals surface area contributed by atoms with E-state index in [1.165, 1.54) is 91.0 Å². The van der Waals surface area contributed by atoms with Crippen LogP contribution in [-0.2, 0) is 31.5 Å². The van der Waals surface area contributed by atoms with Crippen molar-refractivity contribution in [2.24, 2.45) is 0 Å². The summed E-state index contributed by atoms with van der Waals surface area (Å²) in [5.74, 6) is -2.55. The number of carboxylic acids is 1. The third-order valence-electron chi connectivity index (χ3n) is 8.58. The normalized spacial score (nSPS) is 11.5. The molecule has 0 unspecified atom stereocenters. The van der Waals surface area contributed by atoms with E-state index in [1.54, 1.807) is 13.0 Å². The van der Waals surface area contributed by atoms with Gasteiger partial charge in [0.1, 0.15) is 15.5 Å². The van der Waals surface area contributed by atoms with Gasteiger partial charge in [-0.15, -0.1) is 0 Å². The minimum absolute atomic E-state index is 0.00362. The zero-order valence-corrected chi connectivity index (χ0v) is 29.2. The quantitative estimate of drug-likeness (QED) is 0.104. The fourth-order valence-electron chi connectivity index (χ4n) is 6.04. The summed E-state index contributed by atoms with van der Waals surface area (Å²) in [6.45, 7) is 1.71. The first-order valence-electron chi connectivity index (χ1n) is 15.7. The van der Waals surface area contributed by atoms with Gasteiger partial charge in [-0.3, -0.25) is 4.79 Å². The molecule has 14 nitrogen and oxygen atoms in total. The topological polar surface area (TPSA) is 226 Å². The molecule has 0 aliphatic carbocycles. The second-order valence-electron chi connectivity index (χ2n) is 11.8. The first kappa shape index (κ1) is 36.1. The lowest BCUT2D eigenvalue weighted by atomic mass is 9.93. The zero-order valence-electron chi connectivity index (χ0n) is 27.6. The van der Waals surface area contributed by atoms with Gasteiger partial charge in [0.05, 0.1) is 0 Å². The van der Waals surface area contributed by atoms with Crippen LogP contribution in [-0.4, -0.2) is 27.9 Å². The molecule has 0 bridgehead atoms. The van der Waals surface area contributed by atoms with Crippen LogP contribution in [0.3, 0.4) is 0 Å². The first-order chi connectivity index (χ1) is 25.3. The summed E-state index contributed by atoms with van der Waals surface area (Å²) in [4.78, 5) is 16.4. The molecule has 16 heteroatoms. The highest BCUT2D eigenvalue weighted by Crippen LogP contribution is 2.41. The lowest BCUT2D eigenvalue weighted by Gasteiger charge is -2.18. The molecule has 0 saturated heterocycles. The number of carboxylic acid groups (broad SMARTS) is 1. The molecule has 6 aromatic carbocycles. The van der Waals surface area contributed by atoms with E-state index >= 15 is 0 Å². The van der Waals surface area contributed by atoms with Crippen molar-refractivity contribution in [3.63, 3.8) is 0 Å². The second kappa shape index (κ2) is 14.1. The Kier molecular flexibility index (Phi) is 9.60. The van der Waals surface area contributed by atoms with Gasteiger partial charge in [-0.1, -0.05) is 42.5 Å². The van der Waals surface area contributed by atoms with Gasteiger partial charge in [0.25, 0.3) is 0 Å². The molecule has 0 aliphatic heterocycles. The summed E-state index contributed by atoms with van der Waals surface area (Å²) in [6, 6.07) is 21.8. The molecule has 0 spiro atoms. The summed E-state index contributed by atoms with van der Waals surface area (Å²) in [6.07, 6.45) is 0.544. The Morgan fingerprint density at radius 3 is 1.74 bits per heavy atom. The lowest BCUT2D eigenvalue weighted by molar-refractivity contribution is -0.265. The maximum Gasteiger partial charge on any atom is 0.378 e. The molecule has 0 aliphatic rings. The van der Waals surface area contributed by atoms with Crippen LogP contribution in [0.4, 0.5) is 11.4 Å². The van der Waals surface area contributed by atoms with E-state index in [0.717, 1.165) is 0 Å². The Balaban J connectivity index is 1.38. The maximum atomic E-state index is 13.8. The molecule has 6 rings (SSSR count). The maximum absolute atomic E-state index is 13.8. The molecule has 0 aromatic heterocycles. The SMILES string of the molecule is Cc1c(CCCC(=O)O)ccc(OS(=O)(=O)c2cccc3c([O-])c([N+]#N)ccc23)c1-c1ccc(OS(=O)(=O)c2cccc3c([O-])c([N+]#N)ccc23)cc1. The predicted molar refractivity (Wildman–Crippen MR) is 189 cm³/mol. The number of hydrogen-bond donors (Lipinski definition) is 1. The Labute approximate surface area is 302 Å². The van der Waals surface area contributed by atoms with E-state index in [0.29, 0.717) is 35.1 Å². The van der Waals surface area contributed by atoms with Crippen molar-refractivity contribution in [3.8, 4) is 34.1 Å². The third-order valence-corrected chi connectivity index (χ3v) is 11.2. The van der Waals surface area contributed by atoms with E-state index < -0.39 is 37.7 Å². The smallest absolute Gasteiger partial charge is 0.378 e. The molecule has 53 heavy (non-hydrogen) atoms. The Bertz CT molecular complexity index is 2780. The van der Waals surface area contributed by atoms with Crippen LogP contribution in [0.2, 0.25) is 0 Å². The van der Waals surface area contributed by atoms with Gasteiger partial charge in [-0.2, -0.15) is 16.8 Å². The van der Waals surface area contributed by atoms with Gasteiger partial charge in [0.2, 0.25) is 10.8 Å². The number of aryl methyl sites for hydroxylation is 1. The second-order valence-corrected chi connectivity index (χ2v) is 14.8. The summed E-state index contributed by atoms with van der Waals surface area (Å²) in [5, 5.41) is 52.8. The summed E-state index contributed by atoms with van der Waals surface area (Å²) in [7, 11) is -9.11. The molecule has 0 radical (unpaired) electrons. The van der Waals surface area contributed by atoms with Gasteiger partial charge in [-0.05, 0) is 101 Å². The van der Waals surface area contributed by atoms with E-state index in [9.17, 15) is 31.8 Å². The average molecular weight is 751 g/mol. The van der Waals surface area contributed by atoms with Crippen LogP contribution in [0, 0.1) is 17.7 Å². The highest BCUT2D eigenvalue weighted by molar-refractivity contribution is 7.87. The molecule has 266 valence electrons. The standard InChI is InChI=1S/C37H26N4O10S2/c1-21-22(5-2-10-34(42)43)13-20-31(51-53(48,49)33-9-4-7-28-26(33)17-19-30(41-39)37(28)45)35(21)23-11-14-24(15-12-23)50-52(46,47)32-8-3-6-27-25(32)16-18-29(40-38)36(27)44/h3-4,6-9,11-20H,2,5,10H2,1H3,(H-2,42,43,44,45). The van der Waals surface area contributed by atoms with Crippen LogP contribution >= 0.6 is 0 Å². The fourth-order valence-corrected chi connectivity index (χ4v) is 8.35. The number of benzene rings is 6. The van der Waals surface area contributed by atoms with Crippen molar-refractivity contribution in [2.75, 3.05) is 0 Å². The Morgan fingerprint density at radius 2 is 1.23 bits per heavy atom. The van der Waals surface area contributed by atoms with Crippen LogP contribution in [0.5, 0.6) is 23.0 Å². The molecule has 0 heterocycles. The molecule has 0 amide bonds. The van der Waals surface area contributed by atoms with Gasteiger partial charge in [-0.25, -0.2) is 0 Å². The third kappa shape index (κ3) is 6.96. The summed E-state index contributed by atoms with van der Waals surface area (Å²) >= 11 is 0. The van der Waals surface area contributed by atoms with Gasteiger partial charge in [0, 0.05) is 34.9 Å². The van der Waals surface area contributed by atoms with E-state index in [-0.39, 0.29) is 60.6 Å². The molecule has 0 atom stereocenters. The molecular weight excluding hydrogens is 725 g/mol. The van der Waals surface area contributed by atoms with Crippen LogP contribution in [0.1, 0.15) is 24.0 Å². The number of hydrogen-bond acceptors (Lipinski definition) is 11. The number of aliphatic carboxylic acids is 1. The number of nitrogens with zero attached hydrogens (tertiary/aromatic N) is 4. The molecule has 0 saturated carbocycles. The van der Waals surface area contributed by atoms with E-state index in [1.807, 2.05) is 0 Å². The van der Waals surface area contributed by atoms with Crippen molar-refractivity contribution < 1.29 is 45.3 Å². The zero-order chi connectivity index (χ0) is 38.1. The number of diazo groups is 2. The van der Waals surface area contributed by atoms with Crippen molar-refractivity contribution >= 4 is 59.1 Å². The van der Waals surface area contributed by atoms with Crippen molar-refractivity contribution in [3.05, 3.63) is 118 Å². The van der Waals surface area contributed by atoms with Crippen molar-refractivity contribution in [1.82, 2.24) is 0 Å². The van der Waals surface area contributed by atoms with Gasteiger partial charge in [0.15, 0.2) is 15.7 Å². The first-order valence-corrected chi connectivity index (χ1v) is 18.6. The number of carbonyl (C=O) groups is 1. The van der Waals surface area contributed by atoms with E-state index in [4.69, 9.17) is 24.3 Å². The summed E-state index contributed by atoms with van der Waals surface area (Å²) in [5.41, 5.74) is 1.45. The van der Waals surface area contributed by atoms with E-state index in [2.05, 4.69) is 9.95 Å². The predicted octanol–water partition coefficient (Wildman–Crippen LogP) is 7.03. The minimum atomic E-state index is -4.61. The molecule has 6 aromatic rings. The van der Waals surface area contributed by atoms with Crippen molar-refractivity contribution in [1.29, 1.82) is 10.8 Å². The Morgan fingerprint density at radius 1 is 0.698 bits per heavy atom. The number of fused-ring (bicyclic) bond motifs is 2. The van der Waals surface area contributed by atoms with Crippen molar-refractivity contribution in [2.45, 2.75) is 36.0 Å². The van der Waals surface area contributed by atoms with Crippen LogP contribution in [0.15, 0.2) is 107 Å². The molecule has 0 fully saturated rings. The minimum Gasteiger partial charge on any atom is -0.867 e. The fraction of sp³-hybridized carbons (Fsp3) is 0.108. The highest BCUT2D eigenvalue weighted by atomic mass is 32.2. The van der Waals surface area contributed by atoms with Gasteiger partial charge >= 0.3 is 37.6 Å². The highest BCUT2D eigenvalue weighted by Gasteiger charge is 2.26. The largest absolute Gasteiger partial charge is 0.867 e.